The predicted octanol–water partition coefficient (Wildman–Crippen LogP) is 13.5. The van der Waals surface area contributed by atoms with Gasteiger partial charge in [0, 0.05) is 22.4 Å². The van der Waals surface area contributed by atoms with Gasteiger partial charge in [0.2, 0.25) is 0 Å². The van der Waals surface area contributed by atoms with E-state index in [0.29, 0.717) is 0 Å². The van der Waals surface area contributed by atoms with Gasteiger partial charge in [-0.3, -0.25) is 0 Å². The van der Waals surface area contributed by atoms with Crippen LogP contribution in [0.25, 0.3) is 33.4 Å². The van der Waals surface area contributed by atoms with Crippen molar-refractivity contribution in [2.75, 3.05) is 4.90 Å². The number of hydrogen-bond donors (Lipinski definition) is 0. The van der Waals surface area contributed by atoms with Crippen LogP contribution in [-0.4, -0.2) is 0 Å². The van der Waals surface area contributed by atoms with Gasteiger partial charge in [-0.2, -0.15) is 0 Å². The predicted molar refractivity (Wildman–Crippen MR) is 221 cm³/mol. The van der Waals surface area contributed by atoms with E-state index in [-0.39, 0.29) is 5.41 Å². The Morgan fingerprint density at radius 1 is 0.340 bits per heavy atom. The molecule has 0 bridgehead atoms. The zero-order valence-electron chi connectivity index (χ0n) is 30.0. The van der Waals surface area contributed by atoms with Crippen LogP contribution in [-0.2, 0) is 10.8 Å². The number of hydrogen-bond acceptors (Lipinski definition) is 1. The average Bonchev–Trinajstić information content (AvgIpc) is 3.66. The van der Waals surface area contributed by atoms with Gasteiger partial charge in [0.25, 0.3) is 0 Å². The maximum absolute atomic E-state index is 2.46. The number of anilines is 3. The number of benzene rings is 8. The van der Waals surface area contributed by atoms with Crippen molar-refractivity contribution in [3.63, 3.8) is 0 Å². The van der Waals surface area contributed by atoms with Crippen LogP contribution in [0.4, 0.5) is 17.1 Å². The third kappa shape index (κ3) is 4.64. The van der Waals surface area contributed by atoms with Crippen molar-refractivity contribution in [2.24, 2.45) is 0 Å². The summed E-state index contributed by atoms with van der Waals surface area (Å²) < 4.78 is 0. The molecule has 8 aromatic carbocycles. The smallest absolute Gasteiger partial charge is 0.0713 e. The summed E-state index contributed by atoms with van der Waals surface area (Å²) in [5.74, 6) is 0. The zero-order chi connectivity index (χ0) is 35.6. The number of fused-ring (bicyclic) bond motifs is 6. The fourth-order valence-electron chi connectivity index (χ4n) is 9.35. The number of nitrogens with zero attached hydrogens (tertiary/aromatic N) is 1. The molecular formula is C52H39N. The highest BCUT2D eigenvalue weighted by Gasteiger charge is 2.46. The van der Waals surface area contributed by atoms with Gasteiger partial charge in [-0.15, -0.1) is 0 Å². The molecule has 0 aromatic heterocycles. The monoisotopic (exact) mass is 677 g/mol. The molecule has 0 fully saturated rings. The molecule has 0 heterocycles. The molecule has 1 heteroatoms. The third-order valence-corrected chi connectivity index (χ3v) is 11.8. The van der Waals surface area contributed by atoms with Gasteiger partial charge in [0.05, 0.1) is 11.1 Å². The Balaban J connectivity index is 1.18. The fourth-order valence-corrected chi connectivity index (χ4v) is 9.35. The molecule has 0 saturated carbocycles. The van der Waals surface area contributed by atoms with Crippen molar-refractivity contribution in [1.82, 2.24) is 0 Å². The van der Waals surface area contributed by atoms with Crippen molar-refractivity contribution in [3.05, 3.63) is 234 Å². The summed E-state index contributed by atoms with van der Waals surface area (Å²) in [7, 11) is 0. The SMILES string of the molecule is CC1(C)c2ccccc2-c2c(N(c3ccc(-c4ccccc4)cc3)c3ccc(C4(c5ccccc5)c5ccccc5-c5ccccc54)cc3)cccc21. The first-order chi connectivity index (χ1) is 26.1. The first-order valence-electron chi connectivity index (χ1n) is 18.6. The topological polar surface area (TPSA) is 3.24 Å². The molecule has 0 radical (unpaired) electrons. The van der Waals surface area contributed by atoms with Crippen LogP contribution < -0.4 is 4.90 Å². The molecule has 8 aromatic rings. The van der Waals surface area contributed by atoms with Crippen molar-refractivity contribution < 1.29 is 0 Å². The Morgan fingerprint density at radius 2 is 0.792 bits per heavy atom. The van der Waals surface area contributed by atoms with Crippen molar-refractivity contribution in [2.45, 2.75) is 24.7 Å². The van der Waals surface area contributed by atoms with Crippen LogP contribution in [0.1, 0.15) is 47.2 Å². The minimum atomic E-state index is -0.438. The van der Waals surface area contributed by atoms with Crippen molar-refractivity contribution in [1.29, 1.82) is 0 Å². The summed E-state index contributed by atoms with van der Waals surface area (Å²) in [6.45, 7) is 4.71. The summed E-state index contributed by atoms with van der Waals surface area (Å²) in [6.07, 6.45) is 0. The minimum absolute atomic E-state index is 0.0973. The normalized spacial score (nSPS) is 14.2. The van der Waals surface area contributed by atoms with Gasteiger partial charge in [-0.25, -0.2) is 0 Å². The summed E-state index contributed by atoms with van der Waals surface area (Å²) in [5, 5.41) is 0. The van der Waals surface area contributed by atoms with Crippen LogP contribution in [0.5, 0.6) is 0 Å². The van der Waals surface area contributed by atoms with E-state index < -0.39 is 5.41 Å². The molecule has 2 aliphatic rings. The minimum Gasteiger partial charge on any atom is -0.310 e. The maximum atomic E-state index is 2.46. The maximum Gasteiger partial charge on any atom is 0.0713 e. The molecule has 53 heavy (non-hydrogen) atoms. The van der Waals surface area contributed by atoms with E-state index in [9.17, 15) is 0 Å². The lowest BCUT2D eigenvalue weighted by molar-refractivity contribution is 0.660. The lowest BCUT2D eigenvalue weighted by Gasteiger charge is -2.34. The van der Waals surface area contributed by atoms with E-state index in [0.717, 1.165) is 11.4 Å². The molecule has 0 N–H and O–H groups in total. The summed E-state index contributed by atoms with van der Waals surface area (Å²) in [4.78, 5) is 2.46. The quantitative estimate of drug-likeness (QED) is 0.169. The van der Waals surface area contributed by atoms with Gasteiger partial charge in [0.15, 0.2) is 0 Å². The average molecular weight is 678 g/mol. The largest absolute Gasteiger partial charge is 0.310 e. The molecule has 2 aliphatic carbocycles. The second kappa shape index (κ2) is 12.1. The van der Waals surface area contributed by atoms with Gasteiger partial charge in [-0.1, -0.05) is 184 Å². The van der Waals surface area contributed by atoms with E-state index in [1.165, 1.54) is 72.4 Å². The van der Waals surface area contributed by atoms with E-state index in [1.54, 1.807) is 0 Å². The highest BCUT2D eigenvalue weighted by Crippen LogP contribution is 2.57. The first-order valence-corrected chi connectivity index (χ1v) is 18.6. The Morgan fingerprint density at radius 3 is 1.42 bits per heavy atom. The highest BCUT2D eigenvalue weighted by atomic mass is 15.1. The second-order valence-electron chi connectivity index (χ2n) is 14.9. The lowest BCUT2D eigenvalue weighted by Crippen LogP contribution is -2.28. The second-order valence-corrected chi connectivity index (χ2v) is 14.9. The summed E-state index contributed by atoms with van der Waals surface area (Å²) >= 11 is 0. The van der Waals surface area contributed by atoms with E-state index >= 15 is 0 Å². The van der Waals surface area contributed by atoms with Gasteiger partial charge >= 0.3 is 0 Å². The molecule has 0 unspecified atom stereocenters. The molecule has 0 spiro atoms. The molecule has 0 saturated heterocycles. The van der Waals surface area contributed by atoms with Gasteiger partial charge in [-0.05, 0) is 91.5 Å². The van der Waals surface area contributed by atoms with E-state index in [4.69, 9.17) is 0 Å². The van der Waals surface area contributed by atoms with Crippen LogP contribution in [0.2, 0.25) is 0 Å². The molecule has 252 valence electrons. The molecule has 0 amide bonds. The Kier molecular flexibility index (Phi) is 7.13. The standard InChI is InChI=1S/C52H39N/c1-51(2)45-23-12-11-22-44(45)50-48(51)26-15-27-49(50)53(40-32-28-37(29-33-40)36-16-5-3-6-17-36)41-34-30-39(31-35-41)52(38-18-7-4-8-19-38)46-24-13-9-20-42(46)43-21-10-14-25-47(43)52/h3-35H,1-2H3. The van der Waals surface area contributed by atoms with E-state index in [1.807, 2.05) is 0 Å². The third-order valence-electron chi connectivity index (χ3n) is 11.8. The molecular weight excluding hydrogens is 639 g/mol. The molecule has 0 aliphatic heterocycles. The Bertz CT molecular complexity index is 2570. The van der Waals surface area contributed by atoms with Gasteiger partial charge in [0.1, 0.15) is 0 Å². The van der Waals surface area contributed by atoms with Crippen LogP contribution in [0.15, 0.2) is 200 Å². The number of rotatable bonds is 6. The summed E-state index contributed by atoms with van der Waals surface area (Å²) in [5.41, 5.74) is 18.5. The first kappa shape index (κ1) is 31.3. The van der Waals surface area contributed by atoms with E-state index in [2.05, 4.69) is 219 Å². The molecule has 1 nitrogen and oxygen atoms in total. The van der Waals surface area contributed by atoms with Crippen LogP contribution in [0, 0.1) is 0 Å². The fraction of sp³-hybridized carbons (Fsp3) is 0.0769. The highest BCUT2D eigenvalue weighted by molar-refractivity contribution is 5.95. The molecule has 0 atom stereocenters. The summed E-state index contributed by atoms with van der Waals surface area (Å²) in [6, 6.07) is 73.8. The molecule has 10 rings (SSSR count). The van der Waals surface area contributed by atoms with Crippen molar-refractivity contribution >= 4 is 17.1 Å². The van der Waals surface area contributed by atoms with Crippen LogP contribution in [0.3, 0.4) is 0 Å². The Labute approximate surface area is 312 Å². The van der Waals surface area contributed by atoms with Gasteiger partial charge < -0.3 is 4.90 Å². The van der Waals surface area contributed by atoms with Crippen LogP contribution >= 0.6 is 0 Å². The lowest BCUT2D eigenvalue weighted by atomic mass is 9.68. The van der Waals surface area contributed by atoms with Crippen molar-refractivity contribution in [3.8, 4) is 33.4 Å². The zero-order valence-corrected chi connectivity index (χ0v) is 30.0. The Hall–Kier alpha value is -6.44.